The average Bonchev–Trinajstić information content (AvgIpc) is 3.47. The van der Waals surface area contributed by atoms with Crippen LogP contribution < -0.4 is 21.9 Å². The van der Waals surface area contributed by atoms with Crippen molar-refractivity contribution in [2.75, 3.05) is 11.1 Å². The number of urea groups is 1. The van der Waals surface area contributed by atoms with Crippen molar-refractivity contribution in [1.29, 1.82) is 0 Å². The molecule has 2 aromatic rings. The van der Waals surface area contributed by atoms with Crippen molar-refractivity contribution in [3.05, 3.63) is 51.0 Å². The summed E-state index contributed by atoms with van der Waals surface area (Å²) in [6, 6.07) is 3.01. The van der Waals surface area contributed by atoms with E-state index in [4.69, 9.17) is 17.3 Å². The van der Waals surface area contributed by atoms with E-state index in [9.17, 15) is 22.8 Å². The van der Waals surface area contributed by atoms with E-state index in [-0.39, 0.29) is 34.7 Å². The van der Waals surface area contributed by atoms with Crippen LogP contribution in [0, 0.1) is 17.8 Å². The smallest absolute Gasteiger partial charge is 0.379 e. The minimum atomic E-state index is -4.84. The van der Waals surface area contributed by atoms with Gasteiger partial charge < -0.3 is 20.9 Å². The fourth-order valence-corrected chi connectivity index (χ4v) is 3.39. The number of nitrogen functional groups attached to an aromatic ring is 1. The number of anilines is 2. The van der Waals surface area contributed by atoms with Gasteiger partial charge in [0.25, 0.3) is 5.56 Å². The Morgan fingerprint density at radius 3 is 2.73 bits per heavy atom. The van der Waals surface area contributed by atoms with Crippen LogP contribution in [0.1, 0.15) is 24.0 Å². The van der Waals surface area contributed by atoms with Gasteiger partial charge in [-0.2, -0.15) is 13.2 Å². The number of aromatic nitrogens is 2. The van der Waals surface area contributed by atoms with E-state index >= 15 is 0 Å². The van der Waals surface area contributed by atoms with Gasteiger partial charge in [0.05, 0.1) is 6.54 Å². The molecular weight excluding hydrogens is 423 g/mol. The number of nitrogens with one attached hydrogen (secondary N) is 2. The summed E-state index contributed by atoms with van der Waals surface area (Å²) in [5.41, 5.74) is 2.30. The largest absolute Gasteiger partial charge is 0.427 e. The van der Waals surface area contributed by atoms with Crippen LogP contribution in [0.5, 0.6) is 0 Å². The molecule has 1 aromatic carbocycles. The number of fused-ring (bicyclic) bond motifs is 1. The highest BCUT2D eigenvalue weighted by Crippen LogP contribution is 2.44. The molecule has 0 spiro atoms. The first-order valence-corrected chi connectivity index (χ1v) is 9.31. The first-order valence-electron chi connectivity index (χ1n) is 8.93. The van der Waals surface area contributed by atoms with Crippen LogP contribution in [0.25, 0.3) is 0 Å². The molecule has 2 heterocycles. The summed E-state index contributed by atoms with van der Waals surface area (Å²) in [5, 5.41) is 4.34. The van der Waals surface area contributed by atoms with Crippen molar-refractivity contribution in [1.82, 2.24) is 14.9 Å². The Bertz CT molecular complexity index is 1160. The molecular formula is C19H15ClF3N5O2. The van der Waals surface area contributed by atoms with Crippen LogP contribution >= 0.6 is 11.6 Å². The maximum Gasteiger partial charge on any atom is 0.427 e. The van der Waals surface area contributed by atoms with Gasteiger partial charge in [0.1, 0.15) is 5.15 Å². The molecule has 0 saturated heterocycles. The number of amides is 2. The molecule has 156 valence electrons. The highest BCUT2D eigenvalue weighted by atomic mass is 35.5. The first kappa shape index (κ1) is 20.1. The topological polar surface area (TPSA) is 102 Å². The van der Waals surface area contributed by atoms with Crippen molar-refractivity contribution >= 4 is 29.1 Å². The Labute approximate surface area is 173 Å². The zero-order valence-electron chi connectivity index (χ0n) is 15.3. The molecule has 1 atom stereocenters. The Hall–Kier alpha value is -3.19. The molecule has 1 aromatic heterocycles. The molecule has 7 nitrogen and oxygen atoms in total. The summed E-state index contributed by atoms with van der Waals surface area (Å²) < 4.78 is 43.4. The minimum absolute atomic E-state index is 0.00555. The summed E-state index contributed by atoms with van der Waals surface area (Å²) >= 11 is 5.82. The fraction of sp³-hybridized carbons (Fsp3) is 0.316. The van der Waals surface area contributed by atoms with Crippen molar-refractivity contribution in [3.8, 4) is 11.8 Å². The highest BCUT2D eigenvalue weighted by Gasteiger charge is 2.59. The number of nitrogens with two attached hydrogens (primary N) is 1. The molecule has 11 heteroatoms. The molecule has 0 radical (unpaired) electrons. The summed E-state index contributed by atoms with van der Waals surface area (Å²) in [5.74, 6) is 4.50. The molecule has 1 aliphatic carbocycles. The number of hydrogen-bond donors (Lipinski definition) is 3. The Morgan fingerprint density at radius 1 is 1.33 bits per heavy atom. The number of carbonyl (C=O) groups is 1. The van der Waals surface area contributed by atoms with E-state index in [0.717, 1.165) is 12.8 Å². The van der Waals surface area contributed by atoms with Gasteiger partial charge in [-0.15, -0.1) is 0 Å². The third-order valence-electron chi connectivity index (χ3n) is 4.83. The predicted octanol–water partition coefficient (Wildman–Crippen LogP) is 2.83. The number of benzene rings is 1. The van der Waals surface area contributed by atoms with Crippen LogP contribution in [-0.4, -0.2) is 21.8 Å². The van der Waals surface area contributed by atoms with Crippen LogP contribution in [-0.2, 0) is 12.1 Å². The number of halogens is 4. The average molecular weight is 438 g/mol. The van der Waals surface area contributed by atoms with Crippen LogP contribution in [0.2, 0.25) is 5.15 Å². The molecule has 1 saturated carbocycles. The SMILES string of the molecule is Nc1nc(Cl)cn(Cc2ccc3c(c2)NC(=O)NC3(C#CC2CC2)C(F)(F)F)c1=O. The van der Waals surface area contributed by atoms with E-state index in [0.29, 0.717) is 5.56 Å². The number of carbonyl (C=O) groups excluding carboxylic acids is 1. The predicted molar refractivity (Wildman–Crippen MR) is 104 cm³/mol. The molecule has 2 amide bonds. The van der Waals surface area contributed by atoms with Crippen molar-refractivity contribution < 1.29 is 18.0 Å². The summed E-state index contributed by atoms with van der Waals surface area (Å²) in [6.45, 7) is -0.0331. The maximum atomic E-state index is 14.1. The second-order valence-electron chi connectivity index (χ2n) is 7.13. The molecule has 4 N–H and O–H groups in total. The van der Waals surface area contributed by atoms with Crippen molar-refractivity contribution in [3.63, 3.8) is 0 Å². The van der Waals surface area contributed by atoms with Gasteiger partial charge in [-0.25, -0.2) is 9.78 Å². The lowest BCUT2D eigenvalue weighted by Crippen LogP contribution is -2.59. The van der Waals surface area contributed by atoms with Gasteiger partial charge in [0.2, 0.25) is 5.54 Å². The number of nitrogens with zero attached hydrogens (tertiary/aromatic N) is 2. The van der Waals surface area contributed by atoms with E-state index in [1.54, 1.807) is 0 Å². The van der Waals surface area contributed by atoms with Gasteiger partial charge >= 0.3 is 12.2 Å². The van der Waals surface area contributed by atoms with E-state index in [1.807, 2.05) is 5.32 Å². The third-order valence-corrected chi connectivity index (χ3v) is 5.01. The fourth-order valence-electron chi connectivity index (χ4n) is 3.18. The molecule has 1 aliphatic heterocycles. The molecule has 0 bridgehead atoms. The van der Waals surface area contributed by atoms with Gasteiger partial charge in [0.15, 0.2) is 5.82 Å². The monoisotopic (exact) mass is 437 g/mol. The number of rotatable bonds is 2. The molecule has 4 rings (SSSR count). The Morgan fingerprint density at radius 2 is 2.07 bits per heavy atom. The van der Waals surface area contributed by atoms with Crippen LogP contribution in [0.4, 0.5) is 29.5 Å². The zero-order valence-corrected chi connectivity index (χ0v) is 16.1. The molecule has 30 heavy (non-hydrogen) atoms. The number of hydrogen-bond acceptors (Lipinski definition) is 4. The lowest BCUT2D eigenvalue weighted by Gasteiger charge is -2.37. The molecule has 1 fully saturated rings. The van der Waals surface area contributed by atoms with Crippen molar-refractivity contribution in [2.45, 2.75) is 31.1 Å². The zero-order chi connectivity index (χ0) is 21.7. The van der Waals surface area contributed by atoms with Gasteiger partial charge in [0, 0.05) is 23.4 Å². The van der Waals surface area contributed by atoms with Gasteiger partial charge in [-0.05, 0) is 24.5 Å². The highest BCUT2D eigenvalue weighted by molar-refractivity contribution is 6.29. The van der Waals surface area contributed by atoms with Crippen LogP contribution in [0.15, 0.2) is 29.2 Å². The summed E-state index contributed by atoms with van der Waals surface area (Å²) in [7, 11) is 0. The Balaban J connectivity index is 1.78. The lowest BCUT2D eigenvalue weighted by molar-refractivity contribution is -0.178. The second-order valence-corrected chi connectivity index (χ2v) is 7.52. The number of alkyl halides is 3. The van der Waals surface area contributed by atoms with Gasteiger partial charge in [-0.3, -0.25) is 4.79 Å². The molecule has 2 aliphatic rings. The quantitative estimate of drug-likeness (QED) is 0.629. The molecule has 1 unspecified atom stereocenters. The normalized spacial score (nSPS) is 20.5. The van der Waals surface area contributed by atoms with Gasteiger partial charge in [-0.1, -0.05) is 35.6 Å². The third kappa shape index (κ3) is 3.57. The van der Waals surface area contributed by atoms with Crippen molar-refractivity contribution in [2.24, 2.45) is 5.92 Å². The Kier molecular flexibility index (Phi) is 4.66. The second kappa shape index (κ2) is 6.95. The van der Waals surface area contributed by atoms with E-state index in [1.165, 1.54) is 29.0 Å². The lowest BCUT2D eigenvalue weighted by atomic mass is 9.85. The van der Waals surface area contributed by atoms with Crippen LogP contribution in [0.3, 0.4) is 0 Å². The maximum absolute atomic E-state index is 14.1. The van der Waals surface area contributed by atoms with E-state index in [2.05, 4.69) is 22.1 Å². The minimum Gasteiger partial charge on any atom is -0.379 e. The first-order chi connectivity index (χ1) is 14.1. The summed E-state index contributed by atoms with van der Waals surface area (Å²) in [6.07, 6.45) is -2.09. The van der Waals surface area contributed by atoms with E-state index < -0.39 is 23.3 Å². The summed E-state index contributed by atoms with van der Waals surface area (Å²) in [4.78, 5) is 27.8. The standard InChI is InChI=1S/C19H15ClF3N5O2/c20-14-9-28(16(29)15(24)26-14)8-11-3-4-12-13(7-11)25-17(30)27-18(12,19(21,22)23)6-5-10-1-2-10/h3-4,7,9-10H,1-2,8H2,(H2,24,26)(H2,25,27,30).